The van der Waals surface area contributed by atoms with Crippen LogP contribution in [0.15, 0.2) is 73.1 Å². The fourth-order valence-electron chi connectivity index (χ4n) is 2.29. The van der Waals surface area contributed by atoms with Crippen molar-refractivity contribution in [3.63, 3.8) is 0 Å². The minimum atomic E-state index is 0. The minimum absolute atomic E-state index is 0. The fraction of sp³-hybridized carbons (Fsp3) is 0.105. The van der Waals surface area contributed by atoms with Gasteiger partial charge in [-0.15, -0.1) is 47.5 Å². The number of fused-ring (bicyclic) bond motifs is 1. The molecule has 3 aromatic rings. The molecule has 0 atom stereocenters. The van der Waals surface area contributed by atoms with Gasteiger partial charge in [-0.3, -0.25) is 6.08 Å². The van der Waals surface area contributed by atoms with E-state index in [2.05, 4.69) is 78.5 Å². The van der Waals surface area contributed by atoms with Gasteiger partial charge >= 0.3 is 26.2 Å². The molecule has 0 saturated heterocycles. The van der Waals surface area contributed by atoms with Gasteiger partial charge in [0, 0.05) is 12.4 Å². The fourth-order valence-corrected chi connectivity index (χ4v) is 2.29. The zero-order valence-electron chi connectivity index (χ0n) is 12.1. The average molecular weight is 351 g/mol. The summed E-state index contributed by atoms with van der Waals surface area (Å²) in [6, 6.07) is 15.0. The zero-order valence-corrected chi connectivity index (χ0v) is 14.5. The first-order valence-corrected chi connectivity index (χ1v) is 6.85. The predicted molar refractivity (Wildman–Crippen MR) is 85.2 cm³/mol. The monoisotopic (exact) mass is 349 g/mol. The second-order valence-corrected chi connectivity index (χ2v) is 4.94. The first-order valence-electron chi connectivity index (χ1n) is 6.85. The van der Waals surface area contributed by atoms with Crippen LogP contribution in [0.3, 0.4) is 0 Å². The Hall–Kier alpha value is -1.53. The molecule has 1 aliphatic carbocycles. The van der Waals surface area contributed by atoms with E-state index in [1.165, 1.54) is 22.0 Å². The smallest absolute Gasteiger partial charge is 0.342 e. The first-order chi connectivity index (χ1) is 9.83. The van der Waals surface area contributed by atoms with Crippen molar-refractivity contribution < 1.29 is 26.2 Å². The van der Waals surface area contributed by atoms with Crippen molar-refractivity contribution in [1.82, 2.24) is 4.57 Å². The molecule has 0 fully saturated rings. The van der Waals surface area contributed by atoms with Crippen LogP contribution in [0.25, 0.3) is 16.5 Å². The molecule has 0 radical (unpaired) electrons. The molecule has 2 aromatic carbocycles. The van der Waals surface area contributed by atoms with Crippen molar-refractivity contribution >= 4 is 10.8 Å². The molecule has 1 heterocycles. The molecule has 0 amide bonds. The number of hydrogen-bond donors (Lipinski definition) is 0. The number of nitrogens with zero attached hydrogens (tertiary/aromatic N) is 1. The van der Waals surface area contributed by atoms with Crippen molar-refractivity contribution in [3.05, 3.63) is 84.7 Å². The van der Waals surface area contributed by atoms with Gasteiger partial charge in [0.25, 0.3) is 0 Å². The maximum absolute atomic E-state index is 2.99. The molecule has 0 bridgehead atoms. The van der Waals surface area contributed by atoms with Crippen LogP contribution in [0.2, 0.25) is 0 Å². The summed E-state index contributed by atoms with van der Waals surface area (Å²) in [6.45, 7) is 2.11. The minimum Gasteiger partial charge on any atom is -0.342 e. The van der Waals surface area contributed by atoms with Crippen LogP contribution < -0.4 is 0 Å². The summed E-state index contributed by atoms with van der Waals surface area (Å²) in [5.74, 6) is 0. The van der Waals surface area contributed by atoms with Crippen LogP contribution in [-0.2, 0) is 26.2 Å². The van der Waals surface area contributed by atoms with E-state index in [0.717, 1.165) is 6.42 Å². The maximum atomic E-state index is 2.99. The van der Waals surface area contributed by atoms with Gasteiger partial charge < -0.3 is 4.57 Å². The van der Waals surface area contributed by atoms with Gasteiger partial charge in [0.1, 0.15) is 0 Å². The van der Waals surface area contributed by atoms with Crippen molar-refractivity contribution in [1.29, 1.82) is 0 Å². The Labute approximate surface area is 145 Å². The average Bonchev–Trinajstić information content (AvgIpc) is 3.20. The quantitative estimate of drug-likeness (QED) is 0.547. The number of aromatic nitrogens is 1. The number of allylic oxidation sites excluding steroid dienone is 4. The Morgan fingerprint density at radius 1 is 1.19 bits per heavy atom. The van der Waals surface area contributed by atoms with Crippen LogP contribution in [0.5, 0.6) is 0 Å². The summed E-state index contributed by atoms with van der Waals surface area (Å²) in [5.41, 5.74) is 2.53. The standard InChI is InChI=1S/C14H12N.C5H5.Zr/c1-11-6-7-15(10-11)14-8-12-4-2-3-5-13(12)9-14;1-2-4-5-3-1;/h2-10H,1H3;1-3H,4H2;/q2*-1;+2. The van der Waals surface area contributed by atoms with E-state index in [9.17, 15) is 0 Å². The molecule has 0 N–H and O–H groups in total. The Morgan fingerprint density at radius 3 is 2.62 bits per heavy atom. The number of rotatable bonds is 1. The Kier molecular flexibility index (Phi) is 5.64. The van der Waals surface area contributed by atoms with E-state index < -0.39 is 0 Å². The molecule has 1 nitrogen and oxygen atoms in total. The van der Waals surface area contributed by atoms with Crippen molar-refractivity contribution in [3.8, 4) is 5.69 Å². The molecule has 0 saturated carbocycles. The van der Waals surface area contributed by atoms with E-state index >= 15 is 0 Å². The summed E-state index contributed by atoms with van der Waals surface area (Å²) in [5, 5.41) is 2.61. The Balaban J connectivity index is 0.000000231. The largest absolute Gasteiger partial charge is 2.00 e. The van der Waals surface area contributed by atoms with E-state index in [1.807, 2.05) is 12.2 Å². The Morgan fingerprint density at radius 2 is 2.05 bits per heavy atom. The molecule has 1 aromatic heterocycles. The first kappa shape index (κ1) is 15.9. The normalized spacial score (nSPS) is 12.0. The second-order valence-electron chi connectivity index (χ2n) is 4.94. The van der Waals surface area contributed by atoms with E-state index in [4.69, 9.17) is 0 Å². The van der Waals surface area contributed by atoms with E-state index in [0.29, 0.717) is 0 Å². The summed E-state index contributed by atoms with van der Waals surface area (Å²) >= 11 is 0. The third-order valence-corrected chi connectivity index (χ3v) is 3.33. The van der Waals surface area contributed by atoms with Gasteiger partial charge in [0.15, 0.2) is 0 Å². The third-order valence-electron chi connectivity index (χ3n) is 3.33. The molecular weight excluding hydrogens is 333 g/mol. The van der Waals surface area contributed by atoms with Crippen LogP contribution >= 0.6 is 0 Å². The number of hydrogen-bond acceptors (Lipinski definition) is 0. The van der Waals surface area contributed by atoms with Crippen molar-refractivity contribution in [2.24, 2.45) is 0 Å². The van der Waals surface area contributed by atoms with Gasteiger partial charge in [0.05, 0.1) is 0 Å². The zero-order chi connectivity index (χ0) is 13.8. The van der Waals surface area contributed by atoms with E-state index in [1.54, 1.807) is 0 Å². The molecule has 0 aliphatic heterocycles. The molecule has 0 spiro atoms. The number of aryl methyl sites for hydroxylation is 1. The van der Waals surface area contributed by atoms with Crippen LogP contribution in [0.4, 0.5) is 0 Å². The van der Waals surface area contributed by atoms with Crippen LogP contribution in [0.1, 0.15) is 12.0 Å². The molecule has 21 heavy (non-hydrogen) atoms. The number of benzene rings is 1. The molecular formula is C19H17NZr. The predicted octanol–water partition coefficient (Wildman–Crippen LogP) is 4.96. The van der Waals surface area contributed by atoms with Gasteiger partial charge in [-0.1, -0.05) is 6.07 Å². The van der Waals surface area contributed by atoms with Gasteiger partial charge in [-0.2, -0.15) is 6.08 Å². The second kappa shape index (κ2) is 7.47. The van der Waals surface area contributed by atoms with Crippen LogP contribution in [0, 0.1) is 13.0 Å². The van der Waals surface area contributed by atoms with Crippen molar-refractivity contribution in [2.45, 2.75) is 13.3 Å². The Bertz CT molecular complexity index is 716. The van der Waals surface area contributed by atoms with Gasteiger partial charge in [0.2, 0.25) is 0 Å². The summed E-state index contributed by atoms with van der Waals surface area (Å²) < 4.78 is 2.16. The summed E-state index contributed by atoms with van der Waals surface area (Å²) in [4.78, 5) is 0. The molecule has 102 valence electrons. The molecule has 1 aliphatic rings. The summed E-state index contributed by atoms with van der Waals surface area (Å²) in [7, 11) is 0. The van der Waals surface area contributed by atoms with Gasteiger partial charge in [-0.25, -0.2) is 12.2 Å². The van der Waals surface area contributed by atoms with E-state index in [-0.39, 0.29) is 26.2 Å². The maximum Gasteiger partial charge on any atom is 2.00 e. The molecule has 2 heteroatoms. The topological polar surface area (TPSA) is 4.93 Å². The molecule has 4 rings (SSSR count). The summed E-state index contributed by atoms with van der Waals surface area (Å²) in [6.07, 6.45) is 14.2. The van der Waals surface area contributed by atoms with Crippen molar-refractivity contribution in [2.75, 3.05) is 0 Å². The third kappa shape index (κ3) is 3.98. The van der Waals surface area contributed by atoms with Gasteiger partial charge in [-0.05, 0) is 24.2 Å². The SMILES string of the molecule is Cc1ccn(-c2cc3ccccc3[cH-]2)c1.[C-]1=CC=CC1.[Zr+2]. The molecule has 0 unspecified atom stereocenters. The van der Waals surface area contributed by atoms with Crippen LogP contribution in [-0.4, -0.2) is 4.57 Å².